The topological polar surface area (TPSA) is 88.3 Å². The maximum Gasteiger partial charge on any atom is 0.356 e. The highest BCUT2D eigenvalue weighted by atomic mass is 32.2. The summed E-state index contributed by atoms with van der Waals surface area (Å²) in [7, 11) is -2.55. The number of hydrogen-bond acceptors (Lipinski definition) is 4. The van der Waals surface area contributed by atoms with Gasteiger partial charge in [0.05, 0.1) is 17.7 Å². The van der Waals surface area contributed by atoms with Crippen LogP contribution in [0.2, 0.25) is 0 Å². The van der Waals surface area contributed by atoms with Gasteiger partial charge >= 0.3 is 5.97 Å². The van der Waals surface area contributed by atoms with Gasteiger partial charge in [-0.3, -0.25) is 4.72 Å². The van der Waals surface area contributed by atoms with E-state index in [1.807, 2.05) is 0 Å². The van der Waals surface area contributed by atoms with E-state index in [0.29, 0.717) is 11.6 Å². The molecule has 2 aromatic rings. The van der Waals surface area contributed by atoms with E-state index in [-0.39, 0.29) is 16.3 Å². The minimum absolute atomic E-state index is 0.0787. The second-order valence-electron chi connectivity index (χ2n) is 6.08. The number of nitrogens with one attached hydrogen (secondary N) is 2. The number of rotatable bonds is 6. The number of aromatic amines is 1. The Kier molecular flexibility index (Phi) is 5.33. The molecule has 1 aromatic heterocycles. The van der Waals surface area contributed by atoms with Crippen LogP contribution in [0.5, 0.6) is 0 Å². The van der Waals surface area contributed by atoms with Crippen LogP contribution in [0.25, 0.3) is 0 Å². The molecule has 24 heavy (non-hydrogen) atoms. The number of aryl methyl sites for hydroxylation is 1. The van der Waals surface area contributed by atoms with Gasteiger partial charge in [-0.1, -0.05) is 26.0 Å². The van der Waals surface area contributed by atoms with Crippen molar-refractivity contribution in [1.82, 2.24) is 4.98 Å². The van der Waals surface area contributed by atoms with Crippen LogP contribution >= 0.6 is 0 Å². The second kappa shape index (κ2) is 7.09. The van der Waals surface area contributed by atoms with Crippen molar-refractivity contribution < 1.29 is 17.9 Å². The molecule has 2 rings (SSSR count). The van der Waals surface area contributed by atoms with Crippen LogP contribution in [-0.2, 0) is 21.2 Å². The summed E-state index contributed by atoms with van der Waals surface area (Å²) < 4.78 is 32.2. The average molecular weight is 350 g/mol. The fourth-order valence-corrected chi connectivity index (χ4v) is 3.48. The Morgan fingerprint density at radius 3 is 2.42 bits per heavy atom. The summed E-state index contributed by atoms with van der Waals surface area (Å²) in [5.74, 6) is -0.135. The lowest BCUT2D eigenvalue weighted by Crippen LogP contribution is -2.15. The highest BCUT2D eigenvalue weighted by molar-refractivity contribution is 7.92. The largest absolute Gasteiger partial charge is 0.464 e. The molecule has 0 radical (unpaired) electrons. The number of aromatic nitrogens is 1. The van der Waals surface area contributed by atoms with Crippen LogP contribution in [0.4, 0.5) is 5.69 Å². The van der Waals surface area contributed by atoms with Gasteiger partial charge in [-0.05, 0) is 43.0 Å². The van der Waals surface area contributed by atoms with Gasteiger partial charge in [0.25, 0.3) is 10.0 Å². The van der Waals surface area contributed by atoms with Crippen molar-refractivity contribution in [3.63, 3.8) is 0 Å². The number of carbonyl (C=O) groups is 1. The van der Waals surface area contributed by atoms with E-state index in [1.165, 1.54) is 7.11 Å². The van der Waals surface area contributed by atoms with Crippen LogP contribution in [0, 0.1) is 12.8 Å². The zero-order valence-corrected chi connectivity index (χ0v) is 15.0. The standard InChI is InChI=1S/C17H22N2O4S/c1-11(2)9-13-5-7-14(8-6-13)24(21,22)19-15-10-12(3)18-16(15)17(20)23-4/h5-8,10-11,18-19H,9H2,1-4H3. The Hall–Kier alpha value is -2.28. The SMILES string of the molecule is COC(=O)c1[nH]c(C)cc1NS(=O)(=O)c1ccc(CC(C)C)cc1. The van der Waals surface area contributed by atoms with Crippen molar-refractivity contribution in [2.75, 3.05) is 11.8 Å². The molecule has 0 aliphatic heterocycles. The van der Waals surface area contributed by atoms with E-state index in [9.17, 15) is 13.2 Å². The number of H-pyrrole nitrogens is 1. The van der Waals surface area contributed by atoms with Gasteiger partial charge in [0.15, 0.2) is 0 Å². The first kappa shape index (κ1) is 18.1. The normalized spacial score (nSPS) is 11.5. The summed E-state index contributed by atoms with van der Waals surface area (Å²) >= 11 is 0. The molecule has 0 spiro atoms. The number of ether oxygens (including phenoxy) is 1. The molecule has 6 nitrogen and oxygen atoms in total. The molecular weight excluding hydrogens is 328 g/mol. The molecule has 0 bridgehead atoms. The van der Waals surface area contributed by atoms with E-state index >= 15 is 0 Å². The van der Waals surface area contributed by atoms with Gasteiger partial charge < -0.3 is 9.72 Å². The summed E-state index contributed by atoms with van der Waals surface area (Å²) in [6.45, 7) is 5.94. The minimum atomic E-state index is -3.79. The molecule has 0 saturated carbocycles. The van der Waals surface area contributed by atoms with Gasteiger partial charge in [-0.25, -0.2) is 13.2 Å². The molecule has 1 aromatic carbocycles. The lowest BCUT2D eigenvalue weighted by atomic mass is 10.0. The van der Waals surface area contributed by atoms with Gasteiger partial charge in [0.1, 0.15) is 5.69 Å². The van der Waals surface area contributed by atoms with Crippen molar-refractivity contribution in [1.29, 1.82) is 0 Å². The third-order valence-electron chi connectivity index (χ3n) is 3.46. The summed E-state index contributed by atoms with van der Waals surface area (Å²) in [5, 5.41) is 0. The van der Waals surface area contributed by atoms with E-state index in [1.54, 1.807) is 37.3 Å². The Morgan fingerprint density at radius 1 is 1.25 bits per heavy atom. The molecule has 7 heteroatoms. The molecule has 0 unspecified atom stereocenters. The van der Waals surface area contributed by atoms with Crippen LogP contribution in [0.1, 0.15) is 35.6 Å². The average Bonchev–Trinajstić information content (AvgIpc) is 2.86. The Morgan fingerprint density at radius 2 is 1.88 bits per heavy atom. The van der Waals surface area contributed by atoms with Crippen molar-refractivity contribution in [3.8, 4) is 0 Å². The number of hydrogen-bond donors (Lipinski definition) is 2. The first-order chi connectivity index (χ1) is 11.2. The molecule has 0 saturated heterocycles. The number of sulfonamides is 1. The van der Waals surface area contributed by atoms with E-state index in [4.69, 9.17) is 0 Å². The van der Waals surface area contributed by atoms with Crippen LogP contribution in [0.3, 0.4) is 0 Å². The fourth-order valence-electron chi connectivity index (χ4n) is 2.41. The molecule has 130 valence electrons. The zero-order valence-electron chi connectivity index (χ0n) is 14.2. The van der Waals surface area contributed by atoms with Gasteiger partial charge in [-0.15, -0.1) is 0 Å². The summed E-state index contributed by atoms with van der Waals surface area (Å²) in [5.41, 5.74) is 1.98. The molecule has 0 aliphatic carbocycles. The van der Waals surface area contributed by atoms with Crippen LogP contribution in [0.15, 0.2) is 35.2 Å². The van der Waals surface area contributed by atoms with Gasteiger partial charge in [-0.2, -0.15) is 0 Å². The minimum Gasteiger partial charge on any atom is -0.464 e. The predicted molar refractivity (Wildman–Crippen MR) is 92.7 cm³/mol. The molecular formula is C17H22N2O4S. The van der Waals surface area contributed by atoms with Crippen molar-refractivity contribution in [2.24, 2.45) is 5.92 Å². The fraction of sp³-hybridized carbons (Fsp3) is 0.353. The molecule has 0 fully saturated rings. The van der Waals surface area contributed by atoms with E-state index in [2.05, 4.69) is 28.3 Å². The summed E-state index contributed by atoms with van der Waals surface area (Å²) in [6, 6.07) is 8.29. The smallest absolute Gasteiger partial charge is 0.356 e. The first-order valence-corrected chi connectivity index (χ1v) is 9.11. The number of methoxy groups -OCH3 is 1. The number of anilines is 1. The molecule has 1 heterocycles. The van der Waals surface area contributed by atoms with E-state index in [0.717, 1.165) is 12.0 Å². The van der Waals surface area contributed by atoms with E-state index < -0.39 is 16.0 Å². The second-order valence-corrected chi connectivity index (χ2v) is 7.76. The quantitative estimate of drug-likeness (QED) is 0.784. The monoisotopic (exact) mass is 350 g/mol. The molecule has 0 atom stereocenters. The lowest BCUT2D eigenvalue weighted by molar-refractivity contribution is 0.0596. The Labute approximate surface area is 142 Å². The maximum absolute atomic E-state index is 12.5. The Bertz CT molecular complexity index is 821. The Balaban J connectivity index is 2.27. The molecule has 0 amide bonds. The highest BCUT2D eigenvalue weighted by Gasteiger charge is 2.21. The highest BCUT2D eigenvalue weighted by Crippen LogP contribution is 2.22. The maximum atomic E-state index is 12.5. The van der Waals surface area contributed by atoms with Crippen molar-refractivity contribution >= 4 is 21.7 Å². The number of esters is 1. The molecule has 2 N–H and O–H groups in total. The number of carbonyl (C=O) groups excluding carboxylic acids is 1. The third-order valence-corrected chi connectivity index (χ3v) is 4.85. The predicted octanol–water partition coefficient (Wildman–Crippen LogP) is 3.11. The van der Waals surface area contributed by atoms with Gasteiger partial charge in [0, 0.05) is 5.69 Å². The summed E-state index contributed by atoms with van der Waals surface area (Å²) in [4.78, 5) is 14.7. The third kappa shape index (κ3) is 4.17. The lowest BCUT2D eigenvalue weighted by Gasteiger charge is -2.10. The van der Waals surface area contributed by atoms with Gasteiger partial charge in [0.2, 0.25) is 0 Å². The van der Waals surface area contributed by atoms with Crippen molar-refractivity contribution in [3.05, 3.63) is 47.3 Å². The molecule has 0 aliphatic rings. The summed E-state index contributed by atoms with van der Waals surface area (Å²) in [6.07, 6.45) is 0.886. The van der Waals surface area contributed by atoms with Crippen molar-refractivity contribution in [2.45, 2.75) is 32.1 Å². The number of benzene rings is 1. The van der Waals surface area contributed by atoms with Crippen LogP contribution < -0.4 is 4.72 Å². The van der Waals surface area contributed by atoms with Crippen LogP contribution in [-0.4, -0.2) is 26.5 Å². The zero-order chi connectivity index (χ0) is 17.9. The first-order valence-electron chi connectivity index (χ1n) is 7.62.